The monoisotopic (exact) mass is 321 g/mol. The number of hydrogen-bond donors (Lipinski definition) is 0. The molecule has 0 N–H and O–H groups in total. The van der Waals surface area contributed by atoms with Crippen LogP contribution in [0.2, 0.25) is 0 Å². The zero-order chi connectivity index (χ0) is 14.0. The number of hydrogen-bond acceptors (Lipinski definition) is 2. The lowest BCUT2D eigenvalue weighted by Gasteiger charge is -2.07. The van der Waals surface area contributed by atoms with Crippen molar-refractivity contribution in [3.05, 3.63) is 46.2 Å². The van der Waals surface area contributed by atoms with Gasteiger partial charge in [0.25, 0.3) is 0 Å². The van der Waals surface area contributed by atoms with Gasteiger partial charge in [-0.25, -0.2) is 4.79 Å². The van der Waals surface area contributed by atoms with E-state index in [1.54, 1.807) is 0 Å². The Kier molecular flexibility index (Phi) is 4.10. The van der Waals surface area contributed by atoms with E-state index in [0.717, 1.165) is 21.3 Å². The van der Waals surface area contributed by atoms with Crippen LogP contribution in [0, 0.1) is 6.92 Å². The second-order valence-electron chi connectivity index (χ2n) is 4.27. The van der Waals surface area contributed by atoms with Gasteiger partial charge >= 0.3 is 5.97 Å². The smallest absolute Gasteiger partial charge is 0.355 e. The molecular weight excluding hydrogens is 306 g/mol. The number of carbonyl (C=O) groups is 1. The van der Waals surface area contributed by atoms with Crippen molar-refractivity contribution in [3.63, 3.8) is 0 Å². The first-order valence-corrected chi connectivity index (χ1v) is 6.94. The van der Waals surface area contributed by atoms with Crippen LogP contribution in [0.1, 0.15) is 23.1 Å². The molecule has 100 valence electrons. The average Bonchev–Trinajstić information content (AvgIpc) is 2.64. The summed E-state index contributed by atoms with van der Waals surface area (Å²) in [7, 11) is 1.87. The summed E-state index contributed by atoms with van der Waals surface area (Å²) in [6.07, 6.45) is 0. The molecule has 2 rings (SSSR count). The molecule has 0 spiro atoms. The van der Waals surface area contributed by atoms with E-state index in [-0.39, 0.29) is 5.97 Å². The third-order valence-electron chi connectivity index (χ3n) is 3.14. The number of esters is 1. The van der Waals surface area contributed by atoms with Crippen LogP contribution in [0.3, 0.4) is 0 Å². The van der Waals surface area contributed by atoms with Gasteiger partial charge in [0.1, 0.15) is 5.69 Å². The first kappa shape index (κ1) is 13.9. The Bertz CT molecular complexity index is 602. The van der Waals surface area contributed by atoms with Crippen LogP contribution < -0.4 is 0 Å². The van der Waals surface area contributed by atoms with Crippen molar-refractivity contribution in [2.75, 3.05) is 6.61 Å². The van der Waals surface area contributed by atoms with Crippen LogP contribution in [0.25, 0.3) is 11.1 Å². The summed E-state index contributed by atoms with van der Waals surface area (Å²) < 4.78 is 7.96. The minimum atomic E-state index is -0.294. The van der Waals surface area contributed by atoms with Crippen molar-refractivity contribution in [1.82, 2.24) is 4.57 Å². The van der Waals surface area contributed by atoms with E-state index in [0.29, 0.717) is 12.3 Å². The molecule has 0 radical (unpaired) electrons. The highest BCUT2D eigenvalue weighted by Crippen LogP contribution is 2.36. The predicted octanol–water partition coefficient (Wildman–Crippen LogP) is 3.94. The van der Waals surface area contributed by atoms with Crippen molar-refractivity contribution in [3.8, 4) is 11.1 Å². The molecule has 0 amide bonds. The minimum absolute atomic E-state index is 0.294. The highest BCUT2D eigenvalue weighted by atomic mass is 79.9. The van der Waals surface area contributed by atoms with Crippen molar-refractivity contribution in [2.45, 2.75) is 13.8 Å². The highest BCUT2D eigenvalue weighted by Gasteiger charge is 2.24. The molecule has 1 heterocycles. The predicted molar refractivity (Wildman–Crippen MR) is 79.2 cm³/mol. The molecule has 0 atom stereocenters. The SMILES string of the molecule is CCOC(=O)c1c(-c2ccccc2)c(Br)c(C)n1C. The summed E-state index contributed by atoms with van der Waals surface area (Å²) in [5, 5.41) is 0. The Morgan fingerprint density at radius 3 is 2.53 bits per heavy atom. The molecule has 0 saturated heterocycles. The Hall–Kier alpha value is -1.55. The number of benzene rings is 1. The molecule has 0 unspecified atom stereocenters. The van der Waals surface area contributed by atoms with Gasteiger partial charge < -0.3 is 9.30 Å². The molecule has 0 fully saturated rings. The second-order valence-corrected chi connectivity index (χ2v) is 5.06. The maximum atomic E-state index is 12.2. The maximum Gasteiger partial charge on any atom is 0.355 e. The molecular formula is C15H16BrNO2. The van der Waals surface area contributed by atoms with Gasteiger partial charge in [0, 0.05) is 22.8 Å². The van der Waals surface area contributed by atoms with E-state index in [2.05, 4.69) is 15.9 Å². The maximum absolute atomic E-state index is 12.2. The van der Waals surface area contributed by atoms with Gasteiger partial charge in [-0.3, -0.25) is 0 Å². The van der Waals surface area contributed by atoms with Gasteiger partial charge in [0.05, 0.1) is 6.61 Å². The second kappa shape index (κ2) is 5.61. The molecule has 0 aliphatic carbocycles. The summed E-state index contributed by atoms with van der Waals surface area (Å²) in [5.74, 6) is -0.294. The van der Waals surface area contributed by atoms with Gasteiger partial charge in [-0.1, -0.05) is 30.3 Å². The third-order valence-corrected chi connectivity index (χ3v) is 4.11. The Balaban J connectivity index is 2.66. The lowest BCUT2D eigenvalue weighted by molar-refractivity contribution is 0.0516. The molecule has 0 aliphatic rings. The minimum Gasteiger partial charge on any atom is -0.461 e. The Labute approximate surface area is 121 Å². The quantitative estimate of drug-likeness (QED) is 0.802. The lowest BCUT2D eigenvalue weighted by Crippen LogP contribution is -2.11. The van der Waals surface area contributed by atoms with Crippen LogP contribution in [-0.4, -0.2) is 17.1 Å². The van der Waals surface area contributed by atoms with E-state index in [1.165, 1.54) is 0 Å². The third kappa shape index (κ3) is 2.45. The molecule has 0 aliphatic heterocycles. The lowest BCUT2D eigenvalue weighted by atomic mass is 10.1. The van der Waals surface area contributed by atoms with Crippen LogP contribution in [0.5, 0.6) is 0 Å². The largest absolute Gasteiger partial charge is 0.461 e. The number of carbonyl (C=O) groups excluding carboxylic acids is 1. The zero-order valence-corrected chi connectivity index (χ0v) is 12.8. The summed E-state index contributed by atoms with van der Waals surface area (Å²) in [4.78, 5) is 12.2. The Morgan fingerprint density at radius 2 is 1.95 bits per heavy atom. The van der Waals surface area contributed by atoms with Crippen molar-refractivity contribution >= 4 is 21.9 Å². The van der Waals surface area contributed by atoms with Crippen LogP contribution in [0.4, 0.5) is 0 Å². The van der Waals surface area contributed by atoms with E-state index in [1.807, 2.05) is 55.8 Å². The molecule has 19 heavy (non-hydrogen) atoms. The van der Waals surface area contributed by atoms with Crippen LogP contribution in [-0.2, 0) is 11.8 Å². The van der Waals surface area contributed by atoms with Crippen LogP contribution >= 0.6 is 15.9 Å². The van der Waals surface area contributed by atoms with E-state index in [9.17, 15) is 4.79 Å². The topological polar surface area (TPSA) is 31.2 Å². The first-order chi connectivity index (χ1) is 9.07. The number of aromatic nitrogens is 1. The fraction of sp³-hybridized carbons (Fsp3) is 0.267. The summed E-state index contributed by atoms with van der Waals surface area (Å²) in [5.41, 5.74) is 3.47. The number of ether oxygens (including phenoxy) is 1. The molecule has 1 aromatic heterocycles. The fourth-order valence-electron chi connectivity index (χ4n) is 2.07. The molecule has 0 saturated carbocycles. The van der Waals surface area contributed by atoms with E-state index in [4.69, 9.17) is 4.74 Å². The van der Waals surface area contributed by atoms with Gasteiger partial charge in [-0.15, -0.1) is 0 Å². The zero-order valence-electron chi connectivity index (χ0n) is 11.2. The normalized spacial score (nSPS) is 10.5. The highest BCUT2D eigenvalue weighted by molar-refractivity contribution is 9.10. The molecule has 4 heteroatoms. The fourth-order valence-corrected chi connectivity index (χ4v) is 2.76. The van der Waals surface area contributed by atoms with E-state index < -0.39 is 0 Å². The number of rotatable bonds is 3. The average molecular weight is 322 g/mol. The number of nitrogens with zero attached hydrogens (tertiary/aromatic N) is 1. The molecule has 3 nitrogen and oxygen atoms in total. The summed E-state index contributed by atoms with van der Waals surface area (Å²) >= 11 is 3.58. The van der Waals surface area contributed by atoms with Crippen molar-refractivity contribution in [1.29, 1.82) is 0 Å². The summed E-state index contributed by atoms with van der Waals surface area (Å²) in [6, 6.07) is 9.85. The summed E-state index contributed by atoms with van der Waals surface area (Å²) in [6.45, 7) is 4.15. The Morgan fingerprint density at radius 1 is 1.32 bits per heavy atom. The van der Waals surface area contributed by atoms with Crippen LogP contribution in [0.15, 0.2) is 34.8 Å². The van der Waals surface area contributed by atoms with Crippen molar-refractivity contribution in [2.24, 2.45) is 7.05 Å². The van der Waals surface area contributed by atoms with E-state index >= 15 is 0 Å². The molecule has 0 bridgehead atoms. The first-order valence-electron chi connectivity index (χ1n) is 6.15. The molecule has 2 aromatic rings. The standard InChI is InChI=1S/C15H16BrNO2/c1-4-19-15(18)14-12(11-8-6-5-7-9-11)13(16)10(2)17(14)3/h5-9H,4H2,1-3H3. The van der Waals surface area contributed by atoms with Gasteiger partial charge in [0.15, 0.2) is 0 Å². The molecule has 1 aromatic carbocycles. The van der Waals surface area contributed by atoms with Crippen molar-refractivity contribution < 1.29 is 9.53 Å². The number of halogens is 1. The van der Waals surface area contributed by atoms with Gasteiger partial charge in [-0.2, -0.15) is 0 Å². The van der Waals surface area contributed by atoms with Gasteiger partial charge in [-0.05, 0) is 35.3 Å². The van der Waals surface area contributed by atoms with Gasteiger partial charge in [0.2, 0.25) is 0 Å².